The fourth-order valence-corrected chi connectivity index (χ4v) is 3.64. The smallest absolute Gasteiger partial charge is 0.125 e. The summed E-state index contributed by atoms with van der Waals surface area (Å²) in [4.78, 5) is 2.48. The molecule has 116 valence electrons. The number of morpholine rings is 1. The highest BCUT2D eigenvalue weighted by Gasteiger charge is 2.35. The van der Waals surface area contributed by atoms with Crippen LogP contribution < -0.4 is 15.0 Å². The highest BCUT2D eigenvalue weighted by Crippen LogP contribution is 2.37. The summed E-state index contributed by atoms with van der Waals surface area (Å²) in [6.45, 7) is 7.29. The molecular formula is C17H26N2O2. The van der Waals surface area contributed by atoms with E-state index in [4.69, 9.17) is 9.47 Å². The minimum absolute atomic E-state index is 0.279. The van der Waals surface area contributed by atoms with Gasteiger partial charge < -0.3 is 19.7 Å². The van der Waals surface area contributed by atoms with Gasteiger partial charge in [-0.25, -0.2) is 0 Å². The van der Waals surface area contributed by atoms with Gasteiger partial charge in [0.1, 0.15) is 5.75 Å². The Morgan fingerprint density at radius 2 is 2.05 bits per heavy atom. The molecule has 0 saturated carbocycles. The van der Waals surface area contributed by atoms with Crippen LogP contribution >= 0.6 is 0 Å². The van der Waals surface area contributed by atoms with Gasteiger partial charge in [-0.15, -0.1) is 0 Å². The zero-order valence-electron chi connectivity index (χ0n) is 13.3. The molecule has 0 aliphatic carbocycles. The van der Waals surface area contributed by atoms with E-state index in [0.717, 1.165) is 25.4 Å². The number of rotatable bonds is 5. The second kappa shape index (κ2) is 6.24. The zero-order chi connectivity index (χ0) is 14.8. The second-order valence-electron chi connectivity index (χ2n) is 6.03. The quantitative estimate of drug-likeness (QED) is 0.904. The van der Waals surface area contributed by atoms with Crippen molar-refractivity contribution in [1.82, 2.24) is 5.32 Å². The van der Waals surface area contributed by atoms with Crippen molar-refractivity contribution in [1.29, 1.82) is 0 Å². The molecule has 2 aliphatic heterocycles. The molecule has 1 aromatic rings. The summed E-state index contributed by atoms with van der Waals surface area (Å²) >= 11 is 0. The SMILES string of the molecule is CCNC(C)c1c(OC)cccc1N1CC2CCC(C1)O2. The van der Waals surface area contributed by atoms with Crippen molar-refractivity contribution in [2.75, 3.05) is 31.6 Å². The summed E-state index contributed by atoms with van der Waals surface area (Å²) in [5.74, 6) is 0.972. The molecule has 1 aromatic carbocycles. The van der Waals surface area contributed by atoms with Crippen LogP contribution in [-0.4, -0.2) is 39.0 Å². The Bertz CT molecular complexity index is 480. The minimum Gasteiger partial charge on any atom is -0.496 e. The number of nitrogens with zero attached hydrogens (tertiary/aromatic N) is 1. The summed E-state index contributed by atoms with van der Waals surface area (Å²) in [7, 11) is 1.75. The Kier molecular flexibility index (Phi) is 4.36. The van der Waals surface area contributed by atoms with Crippen LogP contribution in [0.25, 0.3) is 0 Å². The van der Waals surface area contributed by atoms with E-state index in [0.29, 0.717) is 12.2 Å². The average Bonchev–Trinajstić information content (AvgIpc) is 2.85. The van der Waals surface area contributed by atoms with E-state index < -0.39 is 0 Å². The van der Waals surface area contributed by atoms with E-state index >= 15 is 0 Å². The van der Waals surface area contributed by atoms with Crippen molar-refractivity contribution in [3.63, 3.8) is 0 Å². The number of nitrogens with one attached hydrogen (secondary N) is 1. The number of ether oxygens (including phenoxy) is 2. The van der Waals surface area contributed by atoms with Crippen LogP contribution in [-0.2, 0) is 4.74 Å². The molecule has 3 rings (SSSR count). The summed E-state index contributed by atoms with van der Waals surface area (Å²) in [6, 6.07) is 6.65. The van der Waals surface area contributed by atoms with Gasteiger partial charge in [0, 0.05) is 30.4 Å². The van der Waals surface area contributed by atoms with Crippen molar-refractivity contribution in [2.45, 2.75) is 44.9 Å². The first-order valence-corrected chi connectivity index (χ1v) is 8.03. The molecule has 1 N–H and O–H groups in total. The predicted molar refractivity (Wildman–Crippen MR) is 85.2 cm³/mol. The summed E-state index contributed by atoms with van der Waals surface area (Å²) in [5, 5.41) is 3.52. The lowest BCUT2D eigenvalue weighted by atomic mass is 10.0. The first kappa shape index (κ1) is 14.7. The maximum atomic E-state index is 5.96. The molecule has 2 heterocycles. The molecule has 0 amide bonds. The summed E-state index contributed by atoms with van der Waals surface area (Å²) in [6.07, 6.45) is 3.20. The van der Waals surface area contributed by atoms with Crippen molar-refractivity contribution in [3.05, 3.63) is 23.8 Å². The molecule has 2 fully saturated rings. The van der Waals surface area contributed by atoms with Gasteiger partial charge in [-0.1, -0.05) is 13.0 Å². The lowest BCUT2D eigenvalue weighted by molar-refractivity contribution is 0.0304. The van der Waals surface area contributed by atoms with Gasteiger partial charge in [0.15, 0.2) is 0 Å². The maximum Gasteiger partial charge on any atom is 0.125 e. The van der Waals surface area contributed by atoms with Gasteiger partial charge in [-0.2, -0.15) is 0 Å². The molecule has 0 spiro atoms. The van der Waals surface area contributed by atoms with Crippen molar-refractivity contribution in [2.24, 2.45) is 0 Å². The number of benzene rings is 1. The number of anilines is 1. The Hall–Kier alpha value is -1.26. The summed E-state index contributed by atoms with van der Waals surface area (Å²) in [5.41, 5.74) is 2.56. The van der Waals surface area contributed by atoms with Gasteiger partial charge >= 0.3 is 0 Å². The number of methoxy groups -OCH3 is 1. The van der Waals surface area contributed by atoms with Crippen LogP contribution in [0.2, 0.25) is 0 Å². The fourth-order valence-electron chi connectivity index (χ4n) is 3.64. The van der Waals surface area contributed by atoms with Crippen molar-refractivity contribution >= 4 is 5.69 Å². The Morgan fingerprint density at radius 3 is 2.67 bits per heavy atom. The molecule has 0 radical (unpaired) electrons. The Labute approximate surface area is 127 Å². The lowest BCUT2D eigenvalue weighted by Crippen LogP contribution is -2.43. The second-order valence-corrected chi connectivity index (χ2v) is 6.03. The zero-order valence-corrected chi connectivity index (χ0v) is 13.3. The largest absolute Gasteiger partial charge is 0.496 e. The van der Waals surface area contributed by atoms with E-state index in [-0.39, 0.29) is 6.04 Å². The molecule has 2 bridgehead atoms. The first-order chi connectivity index (χ1) is 10.2. The van der Waals surface area contributed by atoms with Crippen molar-refractivity contribution < 1.29 is 9.47 Å². The van der Waals surface area contributed by atoms with Gasteiger partial charge in [0.2, 0.25) is 0 Å². The van der Waals surface area contributed by atoms with E-state index in [9.17, 15) is 0 Å². The average molecular weight is 290 g/mol. The van der Waals surface area contributed by atoms with Crippen LogP contribution in [0.4, 0.5) is 5.69 Å². The van der Waals surface area contributed by atoms with Gasteiger partial charge in [0.05, 0.1) is 19.3 Å². The van der Waals surface area contributed by atoms with E-state index in [1.54, 1.807) is 7.11 Å². The topological polar surface area (TPSA) is 33.7 Å². The van der Waals surface area contributed by atoms with Crippen LogP contribution in [0.3, 0.4) is 0 Å². The molecule has 3 unspecified atom stereocenters. The highest BCUT2D eigenvalue weighted by molar-refractivity contribution is 5.61. The molecule has 2 saturated heterocycles. The van der Waals surface area contributed by atoms with Crippen LogP contribution in [0, 0.1) is 0 Å². The number of hydrogen-bond acceptors (Lipinski definition) is 4. The molecular weight excluding hydrogens is 264 g/mol. The van der Waals surface area contributed by atoms with Crippen LogP contribution in [0.1, 0.15) is 38.3 Å². The van der Waals surface area contributed by atoms with Gasteiger partial charge in [-0.3, -0.25) is 0 Å². The Balaban J connectivity index is 1.93. The third-order valence-electron chi connectivity index (χ3n) is 4.59. The molecule has 0 aromatic heterocycles. The first-order valence-electron chi connectivity index (χ1n) is 8.03. The molecule has 21 heavy (non-hydrogen) atoms. The molecule has 4 nitrogen and oxygen atoms in total. The maximum absolute atomic E-state index is 5.96. The third-order valence-corrected chi connectivity index (χ3v) is 4.59. The van der Waals surface area contributed by atoms with Crippen molar-refractivity contribution in [3.8, 4) is 5.75 Å². The monoisotopic (exact) mass is 290 g/mol. The van der Waals surface area contributed by atoms with E-state index in [2.05, 4.69) is 42.3 Å². The fraction of sp³-hybridized carbons (Fsp3) is 0.647. The van der Waals surface area contributed by atoms with Crippen LogP contribution in [0.15, 0.2) is 18.2 Å². The summed E-state index contributed by atoms with van der Waals surface area (Å²) < 4.78 is 11.6. The predicted octanol–water partition coefficient (Wildman–Crippen LogP) is 2.73. The van der Waals surface area contributed by atoms with E-state index in [1.165, 1.54) is 24.1 Å². The van der Waals surface area contributed by atoms with Gasteiger partial charge in [-0.05, 0) is 38.4 Å². The molecule has 2 aliphatic rings. The Morgan fingerprint density at radius 1 is 1.33 bits per heavy atom. The normalized spacial score (nSPS) is 26.0. The lowest BCUT2D eigenvalue weighted by Gasteiger charge is -2.36. The minimum atomic E-state index is 0.279. The van der Waals surface area contributed by atoms with Gasteiger partial charge in [0.25, 0.3) is 0 Å². The van der Waals surface area contributed by atoms with Crippen LogP contribution in [0.5, 0.6) is 5.75 Å². The highest BCUT2D eigenvalue weighted by atomic mass is 16.5. The standard InChI is InChI=1S/C17H26N2O2/c1-4-18-12(2)17-15(6-5-7-16(17)20-3)19-10-13-8-9-14(11-19)21-13/h5-7,12-14,18H,4,8-11H2,1-3H3. The molecule has 4 heteroatoms. The van der Waals surface area contributed by atoms with E-state index in [1.807, 2.05) is 0 Å². The molecule has 3 atom stereocenters. The number of fused-ring (bicyclic) bond motifs is 2. The number of hydrogen-bond donors (Lipinski definition) is 1. The third kappa shape index (κ3) is 2.87.